The summed E-state index contributed by atoms with van der Waals surface area (Å²) in [6.07, 6.45) is 1.92. The maximum Gasteiger partial charge on any atom is 0.224 e. The van der Waals surface area contributed by atoms with Gasteiger partial charge in [0.2, 0.25) is 5.91 Å². The minimum Gasteiger partial charge on any atom is -0.355 e. The smallest absolute Gasteiger partial charge is 0.224 e. The quantitative estimate of drug-likeness (QED) is 0.842. The lowest BCUT2D eigenvalue weighted by molar-refractivity contribution is -0.126. The number of likely N-dealkylation sites (tertiary alicyclic amines) is 1. The summed E-state index contributed by atoms with van der Waals surface area (Å²) in [5.74, 6) is 0.113. The van der Waals surface area contributed by atoms with E-state index in [1.165, 1.54) is 0 Å². The van der Waals surface area contributed by atoms with Crippen LogP contribution >= 0.6 is 35.6 Å². The Labute approximate surface area is 147 Å². The van der Waals surface area contributed by atoms with E-state index in [2.05, 4.69) is 10.2 Å². The molecule has 3 N–H and O–H groups in total. The van der Waals surface area contributed by atoms with Crippen LogP contribution in [0.5, 0.6) is 0 Å². The van der Waals surface area contributed by atoms with Gasteiger partial charge in [-0.1, -0.05) is 29.3 Å². The number of amides is 1. The minimum absolute atomic E-state index is 0. The lowest BCUT2D eigenvalue weighted by atomic mass is 9.96. The van der Waals surface area contributed by atoms with Crippen molar-refractivity contribution in [3.63, 3.8) is 0 Å². The summed E-state index contributed by atoms with van der Waals surface area (Å²) in [5.41, 5.74) is 6.35. The number of rotatable bonds is 5. The van der Waals surface area contributed by atoms with Gasteiger partial charge in [0.05, 0.1) is 5.92 Å². The van der Waals surface area contributed by atoms with E-state index in [1.54, 1.807) is 0 Å². The zero-order valence-electron chi connectivity index (χ0n) is 12.4. The van der Waals surface area contributed by atoms with Crippen LogP contribution in [0, 0.1) is 5.92 Å². The third kappa shape index (κ3) is 5.28. The van der Waals surface area contributed by atoms with E-state index in [0.29, 0.717) is 29.7 Å². The van der Waals surface area contributed by atoms with Crippen molar-refractivity contribution in [2.45, 2.75) is 19.4 Å². The Balaban J connectivity index is 0.00000242. The normalized spacial score (nSPS) is 18.6. The number of piperidine rings is 1. The van der Waals surface area contributed by atoms with Gasteiger partial charge in [-0.2, -0.15) is 0 Å². The first-order valence-corrected chi connectivity index (χ1v) is 8.00. The van der Waals surface area contributed by atoms with E-state index in [9.17, 15) is 4.79 Å². The fraction of sp³-hybridized carbons (Fsp3) is 0.533. The standard InChI is InChI=1S/C15H21Cl2N3O.ClH/c16-13-4-1-5-14(17)12(13)10-20-8-2-3-11(9-20)15(21)19-7-6-18;/h1,4-5,11H,2-3,6-10,18H2,(H,19,21);1H. The Hall–Kier alpha value is -0.520. The SMILES string of the molecule is Cl.NCCNC(=O)C1CCCN(Cc2c(Cl)cccc2Cl)C1. The maximum atomic E-state index is 12.0. The van der Waals surface area contributed by atoms with Crippen molar-refractivity contribution in [2.75, 3.05) is 26.2 Å². The molecule has 0 radical (unpaired) electrons. The van der Waals surface area contributed by atoms with E-state index in [-0.39, 0.29) is 24.2 Å². The van der Waals surface area contributed by atoms with Gasteiger partial charge in [0.1, 0.15) is 0 Å². The molecule has 124 valence electrons. The predicted molar refractivity (Wildman–Crippen MR) is 93.8 cm³/mol. The molecule has 1 aromatic carbocycles. The Bertz CT molecular complexity index is 479. The molecule has 0 saturated carbocycles. The van der Waals surface area contributed by atoms with Gasteiger partial charge in [-0.05, 0) is 31.5 Å². The highest BCUT2D eigenvalue weighted by atomic mass is 35.5. The number of carbonyl (C=O) groups excluding carboxylic acids is 1. The monoisotopic (exact) mass is 365 g/mol. The third-order valence-electron chi connectivity index (χ3n) is 3.76. The van der Waals surface area contributed by atoms with Crippen LogP contribution in [0.1, 0.15) is 18.4 Å². The Morgan fingerprint density at radius 1 is 1.36 bits per heavy atom. The summed E-state index contributed by atoms with van der Waals surface area (Å²) >= 11 is 12.4. The molecule has 1 saturated heterocycles. The molecule has 22 heavy (non-hydrogen) atoms. The first-order valence-electron chi connectivity index (χ1n) is 7.25. The van der Waals surface area contributed by atoms with Crippen LogP contribution in [0.4, 0.5) is 0 Å². The predicted octanol–water partition coefficient (Wildman–Crippen LogP) is 2.70. The van der Waals surface area contributed by atoms with E-state index in [0.717, 1.165) is 31.5 Å². The molecule has 0 bridgehead atoms. The lowest BCUT2D eigenvalue weighted by Gasteiger charge is -2.32. The molecule has 1 fully saturated rings. The second-order valence-electron chi connectivity index (χ2n) is 5.35. The second-order valence-corrected chi connectivity index (χ2v) is 6.17. The van der Waals surface area contributed by atoms with Crippen LogP contribution in [0.25, 0.3) is 0 Å². The number of nitrogens with one attached hydrogen (secondary N) is 1. The molecule has 1 aromatic rings. The molecule has 0 aliphatic carbocycles. The highest BCUT2D eigenvalue weighted by molar-refractivity contribution is 6.35. The molecule has 0 aromatic heterocycles. The molecule has 1 heterocycles. The Morgan fingerprint density at radius 3 is 2.68 bits per heavy atom. The molecule has 1 unspecified atom stereocenters. The summed E-state index contributed by atoms with van der Waals surface area (Å²) in [6.45, 7) is 3.38. The van der Waals surface area contributed by atoms with Crippen LogP contribution in [0.15, 0.2) is 18.2 Å². The number of carbonyl (C=O) groups is 1. The van der Waals surface area contributed by atoms with Crippen LogP contribution in [0.3, 0.4) is 0 Å². The van der Waals surface area contributed by atoms with Gasteiger partial charge in [0.15, 0.2) is 0 Å². The first-order chi connectivity index (χ1) is 10.1. The molecule has 4 nitrogen and oxygen atoms in total. The minimum atomic E-state index is 0. The highest BCUT2D eigenvalue weighted by Crippen LogP contribution is 2.27. The molecule has 1 aliphatic heterocycles. The van der Waals surface area contributed by atoms with Gasteiger partial charge in [-0.25, -0.2) is 0 Å². The fourth-order valence-electron chi connectivity index (χ4n) is 2.66. The van der Waals surface area contributed by atoms with Crippen LogP contribution < -0.4 is 11.1 Å². The van der Waals surface area contributed by atoms with E-state index in [1.807, 2.05) is 18.2 Å². The average Bonchev–Trinajstić information content (AvgIpc) is 2.49. The summed E-state index contributed by atoms with van der Waals surface area (Å²) in [6, 6.07) is 5.53. The van der Waals surface area contributed by atoms with Crippen molar-refractivity contribution >= 4 is 41.5 Å². The van der Waals surface area contributed by atoms with Gasteiger partial charge in [0, 0.05) is 41.8 Å². The number of benzene rings is 1. The van der Waals surface area contributed by atoms with Crippen molar-refractivity contribution in [3.05, 3.63) is 33.8 Å². The number of hydrogen-bond acceptors (Lipinski definition) is 3. The average molecular weight is 367 g/mol. The van der Waals surface area contributed by atoms with Crippen molar-refractivity contribution < 1.29 is 4.79 Å². The number of halogens is 3. The van der Waals surface area contributed by atoms with Gasteiger partial charge in [0.25, 0.3) is 0 Å². The number of nitrogens with two attached hydrogens (primary N) is 1. The number of nitrogens with zero attached hydrogens (tertiary/aromatic N) is 1. The van der Waals surface area contributed by atoms with Crippen LogP contribution in [0.2, 0.25) is 10.0 Å². The molecule has 1 atom stereocenters. The Kier molecular flexibility index (Phi) is 8.50. The van der Waals surface area contributed by atoms with Gasteiger partial charge in [-0.15, -0.1) is 12.4 Å². The molecule has 1 amide bonds. The lowest BCUT2D eigenvalue weighted by Crippen LogP contribution is -2.43. The summed E-state index contributed by atoms with van der Waals surface area (Å²) in [4.78, 5) is 14.3. The van der Waals surface area contributed by atoms with E-state index < -0.39 is 0 Å². The zero-order chi connectivity index (χ0) is 15.2. The van der Waals surface area contributed by atoms with Crippen molar-refractivity contribution in [2.24, 2.45) is 11.7 Å². The summed E-state index contributed by atoms with van der Waals surface area (Å²) < 4.78 is 0. The van der Waals surface area contributed by atoms with E-state index >= 15 is 0 Å². The fourth-order valence-corrected chi connectivity index (χ4v) is 3.18. The summed E-state index contributed by atoms with van der Waals surface area (Å²) in [7, 11) is 0. The topological polar surface area (TPSA) is 58.4 Å². The Morgan fingerprint density at radius 2 is 2.05 bits per heavy atom. The van der Waals surface area contributed by atoms with Crippen molar-refractivity contribution in [3.8, 4) is 0 Å². The van der Waals surface area contributed by atoms with Crippen LogP contribution in [-0.2, 0) is 11.3 Å². The van der Waals surface area contributed by atoms with Crippen LogP contribution in [-0.4, -0.2) is 37.0 Å². The van der Waals surface area contributed by atoms with Crippen molar-refractivity contribution in [1.82, 2.24) is 10.2 Å². The van der Waals surface area contributed by atoms with Gasteiger partial charge >= 0.3 is 0 Å². The highest BCUT2D eigenvalue weighted by Gasteiger charge is 2.26. The summed E-state index contributed by atoms with van der Waals surface area (Å²) in [5, 5.41) is 4.22. The molecule has 7 heteroatoms. The first kappa shape index (κ1) is 19.5. The van der Waals surface area contributed by atoms with Gasteiger partial charge in [-0.3, -0.25) is 9.69 Å². The zero-order valence-corrected chi connectivity index (χ0v) is 14.7. The second kappa shape index (κ2) is 9.58. The molecule has 0 spiro atoms. The maximum absolute atomic E-state index is 12.0. The molecule has 2 rings (SSSR count). The van der Waals surface area contributed by atoms with E-state index in [4.69, 9.17) is 28.9 Å². The molecular formula is C15H22Cl3N3O. The largest absolute Gasteiger partial charge is 0.355 e. The number of hydrogen-bond donors (Lipinski definition) is 2. The third-order valence-corrected chi connectivity index (χ3v) is 4.47. The van der Waals surface area contributed by atoms with Crippen molar-refractivity contribution in [1.29, 1.82) is 0 Å². The molecule has 1 aliphatic rings. The molecular weight excluding hydrogens is 345 g/mol. The van der Waals surface area contributed by atoms with Gasteiger partial charge < -0.3 is 11.1 Å².